The van der Waals surface area contributed by atoms with E-state index in [0.29, 0.717) is 5.75 Å². The lowest BCUT2D eigenvalue weighted by Gasteiger charge is -2.14. The molecule has 11 heteroatoms. The Morgan fingerprint density at radius 1 is 1.13 bits per heavy atom. The normalized spacial score (nSPS) is 14.3. The standard InChI is InChI=1S/C19H21N3O6S2/c1-28-12-7-8-14(13(9-12)16(23)11-5-3-4-6-11)21-17(24)18(25)22-19-20-10-15(29-19)30(2,26)27/h7-11H,3-6H2,1-2H3,(H,21,24)(H,20,22,25). The summed E-state index contributed by atoms with van der Waals surface area (Å²) >= 11 is 0.740. The van der Waals surface area contributed by atoms with Gasteiger partial charge in [-0.25, -0.2) is 13.4 Å². The van der Waals surface area contributed by atoms with E-state index in [9.17, 15) is 22.8 Å². The van der Waals surface area contributed by atoms with Crippen molar-refractivity contribution in [2.45, 2.75) is 29.9 Å². The van der Waals surface area contributed by atoms with Crippen molar-refractivity contribution in [2.24, 2.45) is 5.92 Å². The van der Waals surface area contributed by atoms with Crippen LogP contribution in [0.1, 0.15) is 36.0 Å². The van der Waals surface area contributed by atoms with Crippen molar-refractivity contribution < 1.29 is 27.5 Å². The molecule has 160 valence electrons. The van der Waals surface area contributed by atoms with Gasteiger partial charge in [-0.05, 0) is 31.0 Å². The molecule has 0 bridgehead atoms. The molecule has 1 heterocycles. The Bertz CT molecular complexity index is 1090. The highest BCUT2D eigenvalue weighted by Gasteiger charge is 2.27. The highest BCUT2D eigenvalue weighted by atomic mass is 32.2. The number of anilines is 2. The van der Waals surface area contributed by atoms with Gasteiger partial charge in [-0.1, -0.05) is 24.2 Å². The molecule has 1 aliphatic carbocycles. The summed E-state index contributed by atoms with van der Waals surface area (Å²) in [7, 11) is -1.99. The largest absolute Gasteiger partial charge is 0.497 e. The number of carbonyl (C=O) groups excluding carboxylic acids is 3. The van der Waals surface area contributed by atoms with Gasteiger partial charge in [-0.15, -0.1) is 0 Å². The molecule has 0 saturated heterocycles. The smallest absolute Gasteiger partial charge is 0.315 e. The van der Waals surface area contributed by atoms with Crippen LogP contribution in [0.5, 0.6) is 5.75 Å². The number of ketones is 1. The number of nitrogens with zero attached hydrogens (tertiary/aromatic N) is 1. The summed E-state index contributed by atoms with van der Waals surface area (Å²) in [6.07, 6.45) is 5.66. The van der Waals surface area contributed by atoms with Gasteiger partial charge in [0.2, 0.25) is 0 Å². The number of rotatable bonds is 6. The molecule has 1 aromatic carbocycles. The van der Waals surface area contributed by atoms with Gasteiger partial charge in [-0.3, -0.25) is 19.7 Å². The molecule has 1 aliphatic rings. The minimum absolute atomic E-state index is 0.0208. The molecule has 1 saturated carbocycles. The van der Waals surface area contributed by atoms with Crippen molar-refractivity contribution in [3.8, 4) is 5.75 Å². The predicted octanol–water partition coefficient (Wildman–Crippen LogP) is 2.51. The first kappa shape index (κ1) is 21.9. The maximum absolute atomic E-state index is 12.9. The van der Waals surface area contributed by atoms with Gasteiger partial charge in [0.1, 0.15) is 9.96 Å². The van der Waals surface area contributed by atoms with Crippen molar-refractivity contribution in [1.29, 1.82) is 0 Å². The molecule has 0 atom stereocenters. The van der Waals surface area contributed by atoms with Crippen LogP contribution in [0, 0.1) is 5.92 Å². The van der Waals surface area contributed by atoms with Gasteiger partial charge in [0.25, 0.3) is 0 Å². The summed E-state index contributed by atoms with van der Waals surface area (Å²) < 4.78 is 28.2. The molecule has 1 fully saturated rings. The summed E-state index contributed by atoms with van der Waals surface area (Å²) in [5, 5.41) is 4.70. The third-order valence-corrected chi connectivity index (χ3v) is 7.44. The van der Waals surface area contributed by atoms with Crippen LogP contribution in [0.2, 0.25) is 0 Å². The summed E-state index contributed by atoms with van der Waals surface area (Å²) in [6.45, 7) is 0. The Kier molecular flexibility index (Phi) is 6.52. The lowest BCUT2D eigenvalue weighted by molar-refractivity contribution is -0.133. The maximum Gasteiger partial charge on any atom is 0.315 e. The van der Waals surface area contributed by atoms with Crippen LogP contribution >= 0.6 is 11.3 Å². The number of hydrogen-bond acceptors (Lipinski definition) is 8. The summed E-state index contributed by atoms with van der Waals surface area (Å²) in [6, 6.07) is 4.64. The Labute approximate surface area is 177 Å². The van der Waals surface area contributed by atoms with E-state index < -0.39 is 21.7 Å². The molecular formula is C19H21N3O6S2. The van der Waals surface area contributed by atoms with Gasteiger partial charge in [0.05, 0.1) is 19.0 Å². The molecule has 0 aliphatic heterocycles. The molecule has 0 unspecified atom stereocenters. The van der Waals surface area contributed by atoms with E-state index in [1.165, 1.54) is 13.2 Å². The second kappa shape index (κ2) is 8.92. The SMILES string of the molecule is COc1ccc(NC(=O)C(=O)Nc2ncc(S(C)(=O)=O)s2)c(C(=O)C2CCCC2)c1. The monoisotopic (exact) mass is 451 g/mol. The molecule has 2 amide bonds. The first-order valence-corrected chi connectivity index (χ1v) is 11.9. The number of Topliss-reactive ketones (excluding diaryl/α,β-unsaturated/α-hetero) is 1. The maximum atomic E-state index is 12.9. The van der Waals surface area contributed by atoms with E-state index >= 15 is 0 Å². The highest BCUT2D eigenvalue weighted by molar-refractivity contribution is 7.92. The Hall–Kier alpha value is -2.79. The zero-order valence-corrected chi connectivity index (χ0v) is 18.1. The van der Waals surface area contributed by atoms with Crippen LogP contribution in [0.25, 0.3) is 0 Å². The molecule has 2 N–H and O–H groups in total. The molecule has 3 rings (SSSR count). The molecule has 30 heavy (non-hydrogen) atoms. The topological polar surface area (TPSA) is 132 Å². The van der Waals surface area contributed by atoms with Gasteiger partial charge in [-0.2, -0.15) is 0 Å². The second-order valence-electron chi connectivity index (χ2n) is 6.92. The number of methoxy groups -OCH3 is 1. The fourth-order valence-electron chi connectivity index (χ4n) is 3.19. The minimum Gasteiger partial charge on any atom is -0.497 e. The van der Waals surface area contributed by atoms with Crippen LogP contribution in [-0.2, 0) is 19.4 Å². The van der Waals surface area contributed by atoms with Crippen LogP contribution < -0.4 is 15.4 Å². The van der Waals surface area contributed by atoms with E-state index in [-0.39, 0.29) is 32.3 Å². The lowest BCUT2D eigenvalue weighted by Crippen LogP contribution is -2.30. The van der Waals surface area contributed by atoms with Crippen molar-refractivity contribution in [3.05, 3.63) is 30.0 Å². The fourth-order valence-corrected chi connectivity index (χ4v) is 4.82. The number of sulfone groups is 1. The third-order valence-electron chi connectivity index (χ3n) is 4.74. The lowest BCUT2D eigenvalue weighted by atomic mass is 9.95. The second-order valence-corrected chi connectivity index (χ2v) is 10.2. The number of nitrogens with one attached hydrogen (secondary N) is 2. The minimum atomic E-state index is -3.46. The molecule has 0 spiro atoms. The Balaban J connectivity index is 1.76. The molecule has 9 nitrogen and oxygen atoms in total. The van der Waals surface area contributed by atoms with Crippen LogP contribution in [0.4, 0.5) is 10.8 Å². The first-order valence-electron chi connectivity index (χ1n) is 9.19. The summed E-state index contributed by atoms with van der Waals surface area (Å²) in [4.78, 5) is 41.3. The van der Waals surface area contributed by atoms with Crippen LogP contribution in [0.15, 0.2) is 28.6 Å². The number of ether oxygens (including phenoxy) is 1. The molecule has 0 radical (unpaired) electrons. The zero-order valence-electron chi connectivity index (χ0n) is 16.4. The average molecular weight is 452 g/mol. The first-order chi connectivity index (χ1) is 14.2. The average Bonchev–Trinajstić information content (AvgIpc) is 3.39. The van der Waals surface area contributed by atoms with Gasteiger partial charge < -0.3 is 10.1 Å². The number of thiazole rings is 1. The zero-order chi connectivity index (χ0) is 21.9. The molecule has 1 aromatic heterocycles. The van der Waals surface area contributed by atoms with Crippen molar-refractivity contribution >= 4 is 49.6 Å². The van der Waals surface area contributed by atoms with E-state index in [1.54, 1.807) is 12.1 Å². The number of aromatic nitrogens is 1. The quantitative estimate of drug-likeness (QED) is 0.509. The van der Waals surface area contributed by atoms with Crippen molar-refractivity contribution in [1.82, 2.24) is 4.98 Å². The van der Waals surface area contributed by atoms with E-state index in [1.807, 2.05) is 0 Å². The summed E-state index contributed by atoms with van der Waals surface area (Å²) in [5.74, 6) is -1.78. The van der Waals surface area contributed by atoms with E-state index in [4.69, 9.17) is 4.74 Å². The van der Waals surface area contributed by atoms with Crippen LogP contribution in [-0.4, -0.2) is 44.4 Å². The number of amides is 2. The van der Waals surface area contributed by atoms with Crippen molar-refractivity contribution in [2.75, 3.05) is 24.0 Å². The third kappa shape index (κ3) is 5.03. The van der Waals surface area contributed by atoms with Gasteiger partial charge in [0, 0.05) is 17.7 Å². The molecule has 2 aromatic rings. The summed E-state index contributed by atoms with van der Waals surface area (Å²) in [5.41, 5.74) is 0.500. The van der Waals surface area contributed by atoms with E-state index in [0.717, 1.165) is 49.5 Å². The van der Waals surface area contributed by atoms with Crippen molar-refractivity contribution in [3.63, 3.8) is 0 Å². The van der Waals surface area contributed by atoms with Gasteiger partial charge in [0.15, 0.2) is 20.8 Å². The predicted molar refractivity (Wildman–Crippen MR) is 112 cm³/mol. The number of benzene rings is 1. The Morgan fingerprint density at radius 3 is 2.40 bits per heavy atom. The van der Waals surface area contributed by atoms with Crippen LogP contribution in [0.3, 0.4) is 0 Å². The number of hydrogen-bond donors (Lipinski definition) is 2. The Morgan fingerprint density at radius 2 is 1.80 bits per heavy atom. The molecular weight excluding hydrogens is 430 g/mol. The van der Waals surface area contributed by atoms with Gasteiger partial charge >= 0.3 is 11.8 Å². The highest BCUT2D eigenvalue weighted by Crippen LogP contribution is 2.32. The fraction of sp³-hybridized carbons (Fsp3) is 0.368. The number of carbonyl (C=O) groups is 3. The van der Waals surface area contributed by atoms with E-state index in [2.05, 4.69) is 15.6 Å².